The summed E-state index contributed by atoms with van der Waals surface area (Å²) in [6.45, 7) is 9.47. The van der Waals surface area contributed by atoms with Gasteiger partial charge in [-0.15, -0.1) is 0 Å². The van der Waals surface area contributed by atoms with Crippen LogP contribution in [-0.4, -0.2) is 71.1 Å². The van der Waals surface area contributed by atoms with Crippen molar-refractivity contribution in [3.8, 4) is 0 Å². The number of nitrogens with zero attached hydrogens (tertiary/aromatic N) is 3. The molecule has 160 valence electrons. The van der Waals surface area contributed by atoms with Gasteiger partial charge in [0.25, 0.3) is 0 Å². The summed E-state index contributed by atoms with van der Waals surface area (Å²) >= 11 is 0. The molecule has 0 spiro atoms. The molecule has 0 aromatic heterocycles. The van der Waals surface area contributed by atoms with Crippen molar-refractivity contribution in [2.24, 2.45) is 5.92 Å². The quantitative estimate of drug-likeness (QED) is 0.722. The summed E-state index contributed by atoms with van der Waals surface area (Å²) in [5, 5.41) is 0. The maximum Gasteiger partial charge on any atom is 0.409 e. The molecule has 2 amide bonds. The van der Waals surface area contributed by atoms with Crippen molar-refractivity contribution in [1.82, 2.24) is 14.7 Å². The predicted octanol–water partition coefficient (Wildman–Crippen LogP) is 3.45. The van der Waals surface area contributed by atoms with E-state index in [1.54, 1.807) is 11.8 Å². The number of hydrogen-bond donors (Lipinski definition) is 0. The van der Waals surface area contributed by atoms with Gasteiger partial charge in [-0.25, -0.2) is 9.18 Å². The molecule has 4 aliphatic rings. The predicted molar refractivity (Wildman–Crippen MR) is 108 cm³/mol. The lowest BCUT2D eigenvalue weighted by atomic mass is 9.91. The molecule has 3 aliphatic heterocycles. The third-order valence-corrected chi connectivity index (χ3v) is 7.17. The lowest BCUT2D eigenvalue weighted by molar-refractivity contribution is -0.129. The Hall–Kier alpha value is -1.89. The lowest BCUT2D eigenvalue weighted by Gasteiger charge is -2.45. The van der Waals surface area contributed by atoms with E-state index in [1.807, 2.05) is 17.9 Å². The zero-order valence-electron chi connectivity index (χ0n) is 17.7. The van der Waals surface area contributed by atoms with Crippen LogP contribution < -0.4 is 0 Å². The van der Waals surface area contributed by atoms with Gasteiger partial charge in [-0.1, -0.05) is 0 Å². The first-order chi connectivity index (χ1) is 13.8. The molecule has 0 aromatic carbocycles. The Bertz CT molecular complexity index is 756. The van der Waals surface area contributed by atoms with E-state index in [9.17, 15) is 14.0 Å². The second-order valence-corrected chi connectivity index (χ2v) is 9.11. The Kier molecular flexibility index (Phi) is 5.44. The van der Waals surface area contributed by atoms with Gasteiger partial charge in [0.1, 0.15) is 5.83 Å². The normalized spacial score (nSPS) is 31.4. The van der Waals surface area contributed by atoms with Gasteiger partial charge >= 0.3 is 6.09 Å². The number of likely N-dealkylation sites (tertiary alicyclic amines) is 3. The van der Waals surface area contributed by atoms with Crippen LogP contribution in [0.1, 0.15) is 52.9 Å². The van der Waals surface area contributed by atoms with Crippen molar-refractivity contribution in [1.29, 1.82) is 0 Å². The smallest absolute Gasteiger partial charge is 0.409 e. The molecule has 7 heteroatoms. The van der Waals surface area contributed by atoms with Crippen LogP contribution in [0.2, 0.25) is 0 Å². The molecule has 3 saturated heterocycles. The number of carbonyl (C=O) groups excluding carboxylic acids is 2. The average molecular weight is 406 g/mol. The van der Waals surface area contributed by atoms with Gasteiger partial charge in [-0.05, 0) is 51.7 Å². The van der Waals surface area contributed by atoms with Gasteiger partial charge in [0.05, 0.1) is 6.61 Å². The van der Waals surface area contributed by atoms with E-state index in [1.165, 1.54) is 0 Å². The summed E-state index contributed by atoms with van der Waals surface area (Å²) in [7, 11) is 0. The number of ether oxygens (including phenoxy) is 1. The highest BCUT2D eigenvalue weighted by Crippen LogP contribution is 2.42. The third kappa shape index (κ3) is 3.69. The highest BCUT2D eigenvalue weighted by molar-refractivity contribution is 5.83. The summed E-state index contributed by atoms with van der Waals surface area (Å²) in [5.74, 6) is 0.0704. The molecule has 2 unspecified atom stereocenters. The van der Waals surface area contributed by atoms with Crippen LogP contribution >= 0.6 is 0 Å². The minimum Gasteiger partial charge on any atom is -0.450 e. The van der Waals surface area contributed by atoms with E-state index < -0.39 is 0 Å². The zero-order valence-corrected chi connectivity index (χ0v) is 17.7. The molecule has 0 bridgehead atoms. The zero-order chi connectivity index (χ0) is 20.8. The lowest BCUT2D eigenvalue weighted by Crippen LogP contribution is -2.54. The summed E-state index contributed by atoms with van der Waals surface area (Å²) in [6.07, 6.45) is 5.22. The highest BCUT2D eigenvalue weighted by Gasteiger charge is 2.45. The van der Waals surface area contributed by atoms with Gasteiger partial charge in [0.2, 0.25) is 5.91 Å². The first-order valence-corrected chi connectivity index (χ1v) is 10.9. The molecule has 6 nitrogen and oxygen atoms in total. The van der Waals surface area contributed by atoms with E-state index in [-0.39, 0.29) is 35.3 Å². The van der Waals surface area contributed by atoms with E-state index in [4.69, 9.17) is 4.74 Å². The largest absolute Gasteiger partial charge is 0.450 e. The van der Waals surface area contributed by atoms with Crippen LogP contribution in [0.3, 0.4) is 0 Å². The molecule has 1 aliphatic carbocycles. The van der Waals surface area contributed by atoms with Crippen LogP contribution in [0, 0.1) is 5.92 Å². The molecule has 0 radical (unpaired) electrons. The van der Waals surface area contributed by atoms with Crippen molar-refractivity contribution in [3.05, 3.63) is 23.2 Å². The Morgan fingerprint density at radius 3 is 2.69 bits per heavy atom. The summed E-state index contributed by atoms with van der Waals surface area (Å²) < 4.78 is 19.1. The highest BCUT2D eigenvalue weighted by atomic mass is 19.1. The standard InChI is InChI=1S/C22H32FN3O3/c1-4-29-21(28)24-10-7-22(3,14-24)25-8-5-17(6-9-25)26-19-11-15(2)18(23)12-16(19)13-20(26)27/h11,16-17H,4-10,12-14H2,1-3H3. The van der Waals surface area contributed by atoms with Gasteiger partial charge in [0, 0.05) is 62.2 Å². The topological polar surface area (TPSA) is 53.1 Å². The van der Waals surface area contributed by atoms with E-state index in [0.717, 1.165) is 44.6 Å². The van der Waals surface area contributed by atoms with Crippen molar-refractivity contribution >= 4 is 12.0 Å². The fraction of sp³-hybridized carbons (Fsp3) is 0.727. The maximum atomic E-state index is 14.0. The number of piperidine rings is 1. The summed E-state index contributed by atoms with van der Waals surface area (Å²) in [5.41, 5.74) is 1.64. The van der Waals surface area contributed by atoms with E-state index in [0.29, 0.717) is 31.6 Å². The van der Waals surface area contributed by atoms with Crippen molar-refractivity contribution in [2.75, 3.05) is 32.8 Å². The van der Waals surface area contributed by atoms with Gasteiger partial charge < -0.3 is 14.5 Å². The second-order valence-electron chi connectivity index (χ2n) is 9.11. The number of allylic oxidation sites excluding steroid dienone is 4. The van der Waals surface area contributed by atoms with Crippen LogP contribution in [0.5, 0.6) is 0 Å². The Morgan fingerprint density at radius 1 is 1.28 bits per heavy atom. The molecule has 3 heterocycles. The minimum atomic E-state index is -0.222. The fourth-order valence-electron chi connectivity index (χ4n) is 5.45. The van der Waals surface area contributed by atoms with Crippen LogP contribution in [0.15, 0.2) is 23.2 Å². The molecule has 4 rings (SSSR count). The summed E-state index contributed by atoms with van der Waals surface area (Å²) in [6, 6.07) is 0.190. The molecule has 0 aromatic rings. The molecule has 2 atom stereocenters. The number of halogens is 1. The Labute approximate surface area is 172 Å². The SMILES string of the molecule is CCOC(=O)N1CCC(C)(N2CCC(N3C(=O)CC4CC(F)=C(C)C=C43)CC2)C1. The Balaban J connectivity index is 1.39. The average Bonchev–Trinajstić information content (AvgIpc) is 3.23. The van der Waals surface area contributed by atoms with Crippen LogP contribution in [0.4, 0.5) is 9.18 Å². The molecular weight excluding hydrogens is 373 g/mol. The van der Waals surface area contributed by atoms with Gasteiger partial charge in [-0.3, -0.25) is 9.69 Å². The van der Waals surface area contributed by atoms with Crippen molar-refractivity contribution in [2.45, 2.75) is 64.5 Å². The van der Waals surface area contributed by atoms with Gasteiger partial charge in [-0.2, -0.15) is 0 Å². The van der Waals surface area contributed by atoms with Gasteiger partial charge in [0.15, 0.2) is 0 Å². The van der Waals surface area contributed by atoms with E-state index >= 15 is 0 Å². The number of carbonyl (C=O) groups is 2. The van der Waals surface area contributed by atoms with Crippen LogP contribution in [-0.2, 0) is 9.53 Å². The number of hydrogen-bond acceptors (Lipinski definition) is 4. The molecular formula is C22H32FN3O3. The molecule has 0 N–H and O–H groups in total. The van der Waals surface area contributed by atoms with E-state index in [2.05, 4.69) is 11.8 Å². The number of fused-ring (bicyclic) bond motifs is 1. The number of rotatable bonds is 3. The monoisotopic (exact) mass is 405 g/mol. The molecule has 3 fully saturated rings. The third-order valence-electron chi connectivity index (χ3n) is 7.17. The van der Waals surface area contributed by atoms with Crippen molar-refractivity contribution < 1.29 is 18.7 Å². The summed E-state index contributed by atoms with van der Waals surface area (Å²) in [4.78, 5) is 31.0. The number of amides is 2. The maximum absolute atomic E-state index is 14.0. The molecule has 29 heavy (non-hydrogen) atoms. The van der Waals surface area contributed by atoms with Crippen LogP contribution in [0.25, 0.3) is 0 Å². The van der Waals surface area contributed by atoms with Crippen molar-refractivity contribution in [3.63, 3.8) is 0 Å². The molecule has 0 saturated carbocycles. The second kappa shape index (κ2) is 7.74. The Morgan fingerprint density at radius 2 is 2.00 bits per heavy atom. The first-order valence-electron chi connectivity index (χ1n) is 10.9. The first kappa shape index (κ1) is 20.4. The fourth-order valence-corrected chi connectivity index (χ4v) is 5.45. The minimum absolute atomic E-state index is 0.00900.